The van der Waals surface area contributed by atoms with Crippen LogP contribution >= 0.6 is 11.8 Å². The van der Waals surface area contributed by atoms with E-state index in [1.54, 1.807) is 23.9 Å². The molecule has 1 unspecified atom stereocenters. The van der Waals surface area contributed by atoms with Crippen LogP contribution < -0.4 is 5.32 Å². The van der Waals surface area contributed by atoms with Gasteiger partial charge in [-0.2, -0.15) is 11.8 Å². The molecular weight excluding hydrogens is 254 g/mol. The summed E-state index contributed by atoms with van der Waals surface area (Å²) in [5, 5.41) is 19.8. The monoisotopic (exact) mass is 269 g/mol. The van der Waals surface area contributed by atoms with Crippen LogP contribution in [0.3, 0.4) is 0 Å². The van der Waals surface area contributed by atoms with Crippen molar-refractivity contribution in [3.8, 4) is 0 Å². The van der Waals surface area contributed by atoms with Crippen LogP contribution in [0.5, 0.6) is 0 Å². The number of benzene rings is 1. The van der Waals surface area contributed by atoms with Crippen LogP contribution in [0.25, 0.3) is 0 Å². The first kappa shape index (κ1) is 14.5. The van der Waals surface area contributed by atoms with Crippen molar-refractivity contribution in [1.29, 1.82) is 0 Å². The summed E-state index contributed by atoms with van der Waals surface area (Å²) >= 11 is 1.68. The highest BCUT2D eigenvalue weighted by molar-refractivity contribution is 7.97. The van der Waals surface area contributed by atoms with E-state index in [-0.39, 0.29) is 0 Å². The molecule has 0 spiro atoms. The zero-order valence-electron chi connectivity index (χ0n) is 9.92. The number of carboxylic acids is 1. The number of aliphatic hydroxyl groups excluding tert-OH is 1. The van der Waals surface area contributed by atoms with Gasteiger partial charge in [-0.3, -0.25) is 4.79 Å². The van der Waals surface area contributed by atoms with Crippen LogP contribution in [0.15, 0.2) is 24.3 Å². The zero-order valence-corrected chi connectivity index (χ0v) is 10.7. The summed E-state index contributed by atoms with van der Waals surface area (Å²) in [6.07, 6.45) is 1.99. The van der Waals surface area contributed by atoms with Gasteiger partial charge < -0.3 is 15.5 Å². The van der Waals surface area contributed by atoms with Crippen LogP contribution in [0, 0.1) is 0 Å². The lowest BCUT2D eigenvalue weighted by molar-refractivity contribution is -0.140. The van der Waals surface area contributed by atoms with Crippen LogP contribution in [-0.2, 0) is 10.5 Å². The number of nitrogens with one attached hydrogen (secondary N) is 1. The molecule has 0 aromatic heterocycles. The van der Waals surface area contributed by atoms with Crippen molar-refractivity contribution in [3.63, 3.8) is 0 Å². The number of carboxylic acid groups (broad SMARTS) is 1. The van der Waals surface area contributed by atoms with E-state index in [0.29, 0.717) is 5.56 Å². The standard InChI is InChI=1S/C12H15NO4S/c1-18-7-8-2-4-9(5-3-8)11(15)13-10(6-14)12(16)17/h2-5,10,14H,6-7H2,1H3,(H,13,15)(H,16,17). The van der Waals surface area contributed by atoms with Crippen molar-refractivity contribution in [3.05, 3.63) is 35.4 Å². The number of amides is 1. The molecule has 1 aromatic rings. The molecule has 0 fully saturated rings. The number of aliphatic hydroxyl groups is 1. The van der Waals surface area contributed by atoms with E-state index in [1.165, 1.54) is 0 Å². The molecule has 0 aliphatic rings. The largest absolute Gasteiger partial charge is 0.480 e. The van der Waals surface area contributed by atoms with E-state index in [0.717, 1.165) is 11.3 Å². The van der Waals surface area contributed by atoms with E-state index >= 15 is 0 Å². The highest BCUT2D eigenvalue weighted by Crippen LogP contribution is 2.10. The van der Waals surface area contributed by atoms with Gasteiger partial charge in [0.1, 0.15) is 0 Å². The molecule has 6 heteroatoms. The molecule has 5 nitrogen and oxygen atoms in total. The number of aliphatic carboxylic acids is 1. The van der Waals surface area contributed by atoms with Crippen molar-refractivity contribution < 1.29 is 19.8 Å². The number of hydrogen-bond acceptors (Lipinski definition) is 4. The Kier molecular flexibility index (Phi) is 5.67. The summed E-state index contributed by atoms with van der Waals surface area (Å²) in [7, 11) is 0. The van der Waals surface area contributed by atoms with Gasteiger partial charge in [-0.15, -0.1) is 0 Å². The molecular formula is C12H15NO4S. The molecule has 0 bridgehead atoms. The van der Waals surface area contributed by atoms with Gasteiger partial charge in [-0.1, -0.05) is 12.1 Å². The number of thioether (sulfide) groups is 1. The van der Waals surface area contributed by atoms with Crippen LogP contribution in [-0.4, -0.2) is 41.0 Å². The van der Waals surface area contributed by atoms with E-state index in [9.17, 15) is 9.59 Å². The van der Waals surface area contributed by atoms with Crippen molar-refractivity contribution in [2.45, 2.75) is 11.8 Å². The summed E-state index contributed by atoms with van der Waals surface area (Å²) in [5.41, 5.74) is 1.47. The third-order valence-corrected chi connectivity index (χ3v) is 2.94. The summed E-state index contributed by atoms with van der Waals surface area (Å²) in [6.45, 7) is -0.633. The Morgan fingerprint density at radius 1 is 1.33 bits per heavy atom. The topological polar surface area (TPSA) is 86.6 Å². The second kappa shape index (κ2) is 7.03. The van der Waals surface area contributed by atoms with Crippen LogP contribution in [0.2, 0.25) is 0 Å². The summed E-state index contributed by atoms with van der Waals surface area (Å²) < 4.78 is 0. The van der Waals surface area contributed by atoms with Gasteiger partial charge in [-0.25, -0.2) is 4.79 Å². The van der Waals surface area contributed by atoms with Crippen molar-refractivity contribution in [1.82, 2.24) is 5.32 Å². The van der Waals surface area contributed by atoms with Crippen molar-refractivity contribution in [2.24, 2.45) is 0 Å². The Hall–Kier alpha value is -1.53. The summed E-state index contributed by atoms with van der Waals surface area (Å²) in [6, 6.07) is 5.64. The highest BCUT2D eigenvalue weighted by atomic mass is 32.2. The average molecular weight is 269 g/mol. The minimum atomic E-state index is -1.27. The third kappa shape index (κ3) is 4.05. The van der Waals surface area contributed by atoms with Crippen LogP contribution in [0.4, 0.5) is 0 Å². The second-order valence-corrected chi connectivity index (χ2v) is 4.54. The zero-order chi connectivity index (χ0) is 13.5. The van der Waals surface area contributed by atoms with Gasteiger partial charge in [0, 0.05) is 11.3 Å². The lowest BCUT2D eigenvalue weighted by atomic mass is 10.1. The molecule has 1 rings (SSSR count). The average Bonchev–Trinajstić information content (AvgIpc) is 2.36. The normalized spacial score (nSPS) is 11.9. The SMILES string of the molecule is CSCc1ccc(C(=O)NC(CO)C(=O)O)cc1. The van der Waals surface area contributed by atoms with Gasteiger partial charge >= 0.3 is 5.97 Å². The lowest BCUT2D eigenvalue weighted by Crippen LogP contribution is -2.43. The van der Waals surface area contributed by atoms with Crippen molar-refractivity contribution in [2.75, 3.05) is 12.9 Å². The molecule has 1 aromatic carbocycles. The number of carbonyl (C=O) groups excluding carboxylic acids is 1. The molecule has 18 heavy (non-hydrogen) atoms. The Labute approximate surface area is 109 Å². The van der Waals surface area contributed by atoms with E-state index in [2.05, 4.69) is 5.32 Å². The third-order valence-electron chi connectivity index (χ3n) is 2.31. The Morgan fingerprint density at radius 2 is 1.94 bits per heavy atom. The molecule has 1 atom stereocenters. The fraction of sp³-hybridized carbons (Fsp3) is 0.333. The molecule has 3 N–H and O–H groups in total. The van der Waals surface area contributed by atoms with E-state index < -0.39 is 24.5 Å². The predicted molar refractivity (Wildman–Crippen MR) is 69.6 cm³/mol. The van der Waals surface area contributed by atoms with Gasteiger partial charge in [-0.05, 0) is 24.0 Å². The maximum absolute atomic E-state index is 11.7. The molecule has 0 aliphatic carbocycles. The smallest absolute Gasteiger partial charge is 0.328 e. The van der Waals surface area contributed by atoms with Crippen LogP contribution in [0.1, 0.15) is 15.9 Å². The summed E-state index contributed by atoms with van der Waals surface area (Å²) in [4.78, 5) is 22.4. The van der Waals surface area contributed by atoms with E-state index in [4.69, 9.17) is 10.2 Å². The number of hydrogen-bond donors (Lipinski definition) is 3. The number of rotatable bonds is 6. The second-order valence-electron chi connectivity index (χ2n) is 3.68. The molecule has 0 heterocycles. The van der Waals surface area contributed by atoms with Gasteiger partial charge in [0.05, 0.1) is 6.61 Å². The maximum atomic E-state index is 11.7. The number of carbonyl (C=O) groups is 2. The lowest BCUT2D eigenvalue weighted by Gasteiger charge is -2.11. The fourth-order valence-electron chi connectivity index (χ4n) is 1.35. The minimum Gasteiger partial charge on any atom is -0.480 e. The predicted octanol–water partition coefficient (Wildman–Crippen LogP) is 0.725. The minimum absolute atomic E-state index is 0.375. The molecule has 98 valence electrons. The van der Waals surface area contributed by atoms with Crippen molar-refractivity contribution >= 4 is 23.6 Å². The first-order chi connectivity index (χ1) is 8.58. The summed E-state index contributed by atoms with van der Waals surface area (Å²) in [5.74, 6) is -0.909. The molecule has 0 saturated heterocycles. The van der Waals surface area contributed by atoms with Gasteiger partial charge in [0.25, 0.3) is 5.91 Å². The molecule has 1 amide bonds. The first-order valence-electron chi connectivity index (χ1n) is 5.31. The van der Waals surface area contributed by atoms with Gasteiger partial charge in [0.2, 0.25) is 0 Å². The molecule has 0 radical (unpaired) electrons. The Balaban J connectivity index is 2.69. The first-order valence-corrected chi connectivity index (χ1v) is 6.70. The maximum Gasteiger partial charge on any atom is 0.328 e. The quantitative estimate of drug-likeness (QED) is 0.708. The molecule has 0 aliphatic heterocycles. The van der Waals surface area contributed by atoms with Gasteiger partial charge in [0.15, 0.2) is 6.04 Å². The fourth-order valence-corrected chi connectivity index (χ4v) is 1.87. The Bertz CT molecular complexity index is 419. The molecule has 0 saturated carbocycles. The highest BCUT2D eigenvalue weighted by Gasteiger charge is 2.19. The Morgan fingerprint density at radius 3 is 2.39 bits per heavy atom. The van der Waals surface area contributed by atoms with E-state index in [1.807, 2.05) is 18.4 Å².